The maximum atomic E-state index is 11.8. The van der Waals surface area contributed by atoms with Crippen molar-refractivity contribution in [3.63, 3.8) is 0 Å². The predicted molar refractivity (Wildman–Crippen MR) is 66.6 cm³/mol. The van der Waals surface area contributed by atoms with Crippen LogP contribution in [0.2, 0.25) is 0 Å². The zero-order valence-corrected chi connectivity index (χ0v) is 10.8. The minimum Gasteiger partial charge on any atom is -0.388 e. The number of amides is 1. The summed E-state index contributed by atoms with van der Waals surface area (Å²) < 4.78 is 0. The van der Waals surface area contributed by atoms with Gasteiger partial charge >= 0.3 is 0 Å². The summed E-state index contributed by atoms with van der Waals surface area (Å²) in [5, 5.41) is 12.5. The van der Waals surface area contributed by atoms with Crippen LogP contribution in [0.25, 0.3) is 0 Å². The summed E-state index contributed by atoms with van der Waals surface area (Å²) >= 11 is 0. The average molecular weight is 236 g/mol. The van der Waals surface area contributed by atoms with Crippen LogP contribution in [0.1, 0.15) is 32.0 Å². The standard InChI is InChI=1S/C13H20N2O2/c1-9-6-5-7-14-11(9)8-12(16)15-10(2)13(3,4)17/h5-7,10,17H,8H2,1-4H3,(H,15,16)/t10-/m0/s1. The Bertz CT molecular complexity index is 397. The number of carbonyl (C=O) groups excluding carboxylic acids is 1. The highest BCUT2D eigenvalue weighted by Gasteiger charge is 2.23. The van der Waals surface area contributed by atoms with Crippen molar-refractivity contribution in [2.45, 2.75) is 45.8 Å². The van der Waals surface area contributed by atoms with Crippen molar-refractivity contribution in [2.24, 2.45) is 0 Å². The van der Waals surface area contributed by atoms with Gasteiger partial charge in [-0.1, -0.05) is 6.07 Å². The van der Waals surface area contributed by atoms with E-state index in [1.807, 2.05) is 19.1 Å². The smallest absolute Gasteiger partial charge is 0.226 e. The zero-order chi connectivity index (χ0) is 13.1. The molecule has 0 aliphatic heterocycles. The Morgan fingerprint density at radius 1 is 1.59 bits per heavy atom. The van der Waals surface area contributed by atoms with E-state index in [0.29, 0.717) is 0 Å². The molecule has 1 aromatic heterocycles. The van der Waals surface area contributed by atoms with Crippen LogP contribution in [-0.2, 0) is 11.2 Å². The molecule has 0 aromatic carbocycles. The monoisotopic (exact) mass is 236 g/mol. The Balaban J connectivity index is 2.60. The van der Waals surface area contributed by atoms with Gasteiger partial charge in [0.05, 0.1) is 23.8 Å². The molecule has 0 spiro atoms. The van der Waals surface area contributed by atoms with Crippen LogP contribution in [-0.4, -0.2) is 27.6 Å². The van der Waals surface area contributed by atoms with E-state index in [9.17, 15) is 9.90 Å². The molecule has 1 heterocycles. The minimum absolute atomic E-state index is 0.124. The van der Waals surface area contributed by atoms with E-state index in [-0.39, 0.29) is 18.4 Å². The van der Waals surface area contributed by atoms with Gasteiger partial charge in [0.25, 0.3) is 0 Å². The van der Waals surface area contributed by atoms with E-state index in [1.54, 1.807) is 27.0 Å². The van der Waals surface area contributed by atoms with E-state index < -0.39 is 5.60 Å². The lowest BCUT2D eigenvalue weighted by atomic mass is 10.0. The first kappa shape index (κ1) is 13.6. The molecular weight excluding hydrogens is 216 g/mol. The summed E-state index contributed by atoms with van der Waals surface area (Å²) in [4.78, 5) is 15.9. The Hall–Kier alpha value is -1.42. The molecule has 1 rings (SSSR count). The molecule has 0 radical (unpaired) electrons. The highest BCUT2D eigenvalue weighted by molar-refractivity contribution is 5.78. The van der Waals surface area contributed by atoms with Gasteiger partial charge < -0.3 is 10.4 Å². The van der Waals surface area contributed by atoms with Gasteiger partial charge in [-0.15, -0.1) is 0 Å². The van der Waals surface area contributed by atoms with Crippen LogP contribution in [0.3, 0.4) is 0 Å². The molecule has 1 atom stereocenters. The number of nitrogens with one attached hydrogen (secondary N) is 1. The van der Waals surface area contributed by atoms with Gasteiger partial charge in [-0.05, 0) is 39.3 Å². The SMILES string of the molecule is Cc1cccnc1CC(=O)N[C@@H](C)C(C)(C)O. The molecule has 0 aliphatic rings. The van der Waals surface area contributed by atoms with E-state index >= 15 is 0 Å². The molecule has 0 unspecified atom stereocenters. The minimum atomic E-state index is -0.922. The van der Waals surface area contributed by atoms with Crippen LogP contribution in [0.5, 0.6) is 0 Å². The molecule has 17 heavy (non-hydrogen) atoms. The number of aryl methyl sites for hydroxylation is 1. The number of hydrogen-bond acceptors (Lipinski definition) is 3. The fourth-order valence-electron chi connectivity index (χ4n) is 1.32. The number of aromatic nitrogens is 1. The third-order valence-electron chi connectivity index (χ3n) is 2.88. The van der Waals surface area contributed by atoms with Crippen LogP contribution < -0.4 is 5.32 Å². The summed E-state index contributed by atoms with van der Waals surface area (Å²) in [5.74, 6) is -0.124. The second-order valence-corrected chi connectivity index (χ2v) is 4.89. The first-order valence-corrected chi connectivity index (χ1v) is 5.73. The lowest BCUT2D eigenvalue weighted by Gasteiger charge is -2.26. The topological polar surface area (TPSA) is 62.2 Å². The molecule has 0 bridgehead atoms. The maximum absolute atomic E-state index is 11.8. The lowest BCUT2D eigenvalue weighted by molar-refractivity contribution is -0.122. The maximum Gasteiger partial charge on any atom is 0.226 e. The van der Waals surface area contributed by atoms with Gasteiger partial charge in [-0.3, -0.25) is 9.78 Å². The van der Waals surface area contributed by atoms with Gasteiger partial charge in [0.15, 0.2) is 0 Å². The Labute approximate surface area is 102 Å². The van der Waals surface area contributed by atoms with Crippen molar-refractivity contribution in [1.29, 1.82) is 0 Å². The normalized spacial score (nSPS) is 13.2. The van der Waals surface area contributed by atoms with Crippen molar-refractivity contribution < 1.29 is 9.90 Å². The molecule has 0 aliphatic carbocycles. The predicted octanol–water partition coefficient (Wildman–Crippen LogP) is 1.21. The molecule has 4 nitrogen and oxygen atoms in total. The first-order valence-electron chi connectivity index (χ1n) is 5.73. The number of hydrogen-bond donors (Lipinski definition) is 2. The van der Waals surface area contributed by atoms with Crippen molar-refractivity contribution in [2.75, 3.05) is 0 Å². The number of rotatable bonds is 4. The fourth-order valence-corrected chi connectivity index (χ4v) is 1.32. The van der Waals surface area contributed by atoms with E-state index in [1.165, 1.54) is 0 Å². The summed E-state index contributed by atoms with van der Waals surface area (Å²) in [7, 11) is 0. The Morgan fingerprint density at radius 2 is 2.24 bits per heavy atom. The Kier molecular flexibility index (Phi) is 4.23. The molecule has 94 valence electrons. The number of aliphatic hydroxyl groups is 1. The quantitative estimate of drug-likeness (QED) is 0.826. The van der Waals surface area contributed by atoms with Gasteiger partial charge in [-0.2, -0.15) is 0 Å². The van der Waals surface area contributed by atoms with Crippen LogP contribution in [0, 0.1) is 6.92 Å². The fraction of sp³-hybridized carbons (Fsp3) is 0.538. The second-order valence-electron chi connectivity index (χ2n) is 4.89. The second kappa shape index (κ2) is 5.27. The van der Waals surface area contributed by atoms with Gasteiger partial charge in [0.1, 0.15) is 0 Å². The molecule has 2 N–H and O–H groups in total. The van der Waals surface area contributed by atoms with Gasteiger partial charge in [-0.25, -0.2) is 0 Å². The average Bonchev–Trinajstić information content (AvgIpc) is 2.20. The Morgan fingerprint density at radius 3 is 2.76 bits per heavy atom. The van der Waals surface area contributed by atoms with Crippen LogP contribution >= 0.6 is 0 Å². The van der Waals surface area contributed by atoms with Crippen molar-refractivity contribution >= 4 is 5.91 Å². The highest BCUT2D eigenvalue weighted by atomic mass is 16.3. The summed E-state index contributed by atoms with van der Waals surface area (Å²) in [5.41, 5.74) is 0.848. The molecule has 0 fully saturated rings. The highest BCUT2D eigenvalue weighted by Crippen LogP contribution is 2.08. The van der Waals surface area contributed by atoms with E-state index in [0.717, 1.165) is 11.3 Å². The van der Waals surface area contributed by atoms with Crippen molar-refractivity contribution in [1.82, 2.24) is 10.3 Å². The largest absolute Gasteiger partial charge is 0.388 e. The van der Waals surface area contributed by atoms with E-state index in [4.69, 9.17) is 0 Å². The molecule has 0 saturated heterocycles. The molecule has 1 amide bonds. The van der Waals surface area contributed by atoms with Gasteiger partial charge in [0.2, 0.25) is 5.91 Å². The zero-order valence-electron chi connectivity index (χ0n) is 10.8. The third-order valence-corrected chi connectivity index (χ3v) is 2.88. The lowest BCUT2D eigenvalue weighted by Crippen LogP contribution is -2.47. The summed E-state index contributed by atoms with van der Waals surface area (Å²) in [6.07, 6.45) is 1.92. The van der Waals surface area contributed by atoms with E-state index in [2.05, 4.69) is 10.3 Å². The van der Waals surface area contributed by atoms with Crippen molar-refractivity contribution in [3.8, 4) is 0 Å². The van der Waals surface area contributed by atoms with Crippen molar-refractivity contribution in [3.05, 3.63) is 29.6 Å². The van der Waals surface area contributed by atoms with Gasteiger partial charge in [0, 0.05) is 6.20 Å². The molecule has 4 heteroatoms. The summed E-state index contributed by atoms with van der Waals surface area (Å²) in [6, 6.07) is 3.48. The first-order chi connectivity index (χ1) is 7.80. The van der Waals surface area contributed by atoms with Crippen LogP contribution in [0.15, 0.2) is 18.3 Å². The number of pyridine rings is 1. The third kappa shape index (κ3) is 4.15. The molecule has 1 aromatic rings. The molecule has 0 saturated carbocycles. The number of carbonyl (C=O) groups is 1. The molecular formula is C13H20N2O2. The number of nitrogens with zero attached hydrogens (tertiary/aromatic N) is 1. The van der Waals surface area contributed by atoms with Crippen LogP contribution in [0.4, 0.5) is 0 Å². The summed E-state index contributed by atoms with van der Waals surface area (Å²) in [6.45, 7) is 7.05.